The zero-order valence-corrected chi connectivity index (χ0v) is 14.5. The topological polar surface area (TPSA) is 63.4 Å². The highest BCUT2D eigenvalue weighted by molar-refractivity contribution is 9.10. The summed E-state index contributed by atoms with van der Waals surface area (Å²) in [6, 6.07) is 4.64. The molecule has 0 aromatic heterocycles. The van der Waals surface area contributed by atoms with Crippen LogP contribution in [0.15, 0.2) is 27.6 Å². The number of nitrogen functional groups attached to an aromatic ring is 1. The number of hydrogen-bond acceptors (Lipinski definition) is 4. The molecule has 0 spiro atoms. The monoisotopic (exact) mass is 366 g/mol. The lowest BCUT2D eigenvalue weighted by Crippen LogP contribution is -2.35. The number of halogens is 1. The van der Waals surface area contributed by atoms with Gasteiger partial charge < -0.3 is 5.73 Å². The van der Waals surface area contributed by atoms with Gasteiger partial charge >= 0.3 is 0 Å². The molecule has 0 saturated carbocycles. The average Bonchev–Trinajstić information content (AvgIpc) is 2.37. The molecule has 0 radical (unpaired) electrons. The number of nitrogens with two attached hydrogens (primary N) is 1. The number of sulfonamides is 1. The van der Waals surface area contributed by atoms with Crippen LogP contribution in [0, 0.1) is 0 Å². The van der Waals surface area contributed by atoms with Gasteiger partial charge in [0, 0.05) is 23.2 Å². The average molecular weight is 367 g/mol. The maximum Gasteiger partial charge on any atom is 0.243 e. The Balaban J connectivity index is 2.99. The molecule has 0 fully saturated rings. The fourth-order valence-electron chi connectivity index (χ4n) is 1.54. The van der Waals surface area contributed by atoms with Gasteiger partial charge in [-0.25, -0.2) is 8.42 Å². The predicted molar refractivity (Wildman–Crippen MR) is 86.0 cm³/mol. The Kier molecular flexibility index (Phi) is 6.16. The third kappa shape index (κ3) is 4.11. The quantitative estimate of drug-likeness (QED) is 0.786. The minimum absolute atomic E-state index is 0.0335. The smallest absolute Gasteiger partial charge is 0.243 e. The molecule has 1 rings (SSSR count). The molecule has 0 heterocycles. The Hall–Kier alpha value is -0.240. The minimum atomic E-state index is -3.47. The molecule has 2 N–H and O–H groups in total. The molecule has 1 aromatic rings. The maximum absolute atomic E-state index is 12.5. The molecule has 0 aliphatic rings. The lowest BCUT2D eigenvalue weighted by molar-refractivity contribution is 0.382. The van der Waals surface area contributed by atoms with E-state index in [0.29, 0.717) is 10.2 Å². The lowest BCUT2D eigenvalue weighted by Gasteiger charge is -2.24. The second-order valence-corrected chi connectivity index (χ2v) is 8.17. The molecule has 1 aromatic carbocycles. The summed E-state index contributed by atoms with van der Waals surface area (Å²) < 4.78 is 26.9. The first-order chi connectivity index (χ1) is 8.80. The first kappa shape index (κ1) is 16.8. The molecule has 4 nitrogen and oxygen atoms in total. The van der Waals surface area contributed by atoms with Crippen molar-refractivity contribution in [3.8, 4) is 0 Å². The van der Waals surface area contributed by atoms with Crippen molar-refractivity contribution < 1.29 is 8.42 Å². The molecular weight excluding hydrogens is 348 g/mol. The Morgan fingerprint density at radius 2 is 2.11 bits per heavy atom. The van der Waals surface area contributed by atoms with E-state index in [9.17, 15) is 8.42 Å². The van der Waals surface area contributed by atoms with Crippen molar-refractivity contribution in [1.82, 2.24) is 4.31 Å². The van der Waals surface area contributed by atoms with E-state index in [4.69, 9.17) is 5.73 Å². The van der Waals surface area contributed by atoms with E-state index in [1.165, 1.54) is 10.4 Å². The first-order valence-corrected chi connectivity index (χ1v) is 9.45. The summed E-state index contributed by atoms with van der Waals surface area (Å²) in [5, 5.41) is 0. The second-order valence-electron chi connectivity index (χ2n) is 4.34. The van der Waals surface area contributed by atoms with Crippen molar-refractivity contribution in [3.05, 3.63) is 22.7 Å². The van der Waals surface area contributed by atoms with Crippen molar-refractivity contribution in [3.63, 3.8) is 0 Å². The van der Waals surface area contributed by atoms with Gasteiger partial charge in [0.15, 0.2) is 0 Å². The number of hydrogen-bond donors (Lipinski definition) is 1. The van der Waals surface area contributed by atoms with Gasteiger partial charge in [-0.15, -0.1) is 0 Å². The van der Waals surface area contributed by atoms with Gasteiger partial charge in [-0.1, -0.05) is 0 Å². The van der Waals surface area contributed by atoms with Gasteiger partial charge in [-0.2, -0.15) is 16.1 Å². The number of thioether (sulfide) groups is 1. The van der Waals surface area contributed by atoms with E-state index in [-0.39, 0.29) is 10.9 Å². The number of benzene rings is 1. The highest BCUT2D eigenvalue weighted by atomic mass is 79.9. The third-order valence-electron chi connectivity index (χ3n) is 3.01. The number of anilines is 1. The van der Waals surface area contributed by atoms with Crippen molar-refractivity contribution in [2.24, 2.45) is 0 Å². The van der Waals surface area contributed by atoms with Crippen LogP contribution in [-0.4, -0.2) is 37.8 Å². The summed E-state index contributed by atoms with van der Waals surface area (Å²) in [6.07, 6.45) is 2.84. The molecule has 108 valence electrons. The van der Waals surface area contributed by atoms with Crippen LogP contribution in [0.4, 0.5) is 5.69 Å². The molecule has 0 aliphatic heterocycles. The maximum atomic E-state index is 12.5. The van der Waals surface area contributed by atoms with Crippen LogP contribution in [0.1, 0.15) is 13.3 Å². The third-order valence-corrected chi connectivity index (χ3v) is 6.31. The van der Waals surface area contributed by atoms with E-state index in [0.717, 1.165) is 12.2 Å². The highest BCUT2D eigenvalue weighted by Gasteiger charge is 2.25. The Morgan fingerprint density at radius 3 is 2.63 bits per heavy atom. The minimum Gasteiger partial charge on any atom is -0.398 e. The lowest BCUT2D eigenvalue weighted by atomic mass is 10.3. The molecular formula is C12H19BrN2O2S2. The van der Waals surface area contributed by atoms with Gasteiger partial charge in [-0.05, 0) is 59.5 Å². The highest BCUT2D eigenvalue weighted by Crippen LogP contribution is 2.25. The van der Waals surface area contributed by atoms with Crippen LogP contribution >= 0.6 is 27.7 Å². The van der Waals surface area contributed by atoms with Gasteiger partial charge in [0.05, 0.1) is 4.90 Å². The summed E-state index contributed by atoms with van der Waals surface area (Å²) in [5.74, 6) is 0.937. The number of nitrogens with zero attached hydrogens (tertiary/aromatic N) is 1. The van der Waals surface area contributed by atoms with E-state index >= 15 is 0 Å². The molecule has 0 bridgehead atoms. The summed E-state index contributed by atoms with van der Waals surface area (Å²) >= 11 is 4.97. The van der Waals surface area contributed by atoms with Gasteiger partial charge in [0.1, 0.15) is 0 Å². The number of rotatable bonds is 6. The van der Waals surface area contributed by atoms with Crippen LogP contribution in [0.3, 0.4) is 0 Å². The van der Waals surface area contributed by atoms with Crippen LogP contribution in [0.5, 0.6) is 0 Å². The van der Waals surface area contributed by atoms with Gasteiger partial charge in [-0.3, -0.25) is 0 Å². The van der Waals surface area contributed by atoms with Gasteiger partial charge in [0.2, 0.25) is 10.0 Å². The zero-order valence-electron chi connectivity index (χ0n) is 11.3. The normalized spacial score (nSPS) is 13.7. The molecule has 19 heavy (non-hydrogen) atoms. The van der Waals surface area contributed by atoms with Gasteiger partial charge in [0.25, 0.3) is 0 Å². The van der Waals surface area contributed by atoms with E-state index < -0.39 is 10.0 Å². The summed E-state index contributed by atoms with van der Waals surface area (Å²) in [6.45, 7) is 1.92. The second kappa shape index (κ2) is 6.97. The van der Waals surface area contributed by atoms with E-state index in [1.807, 2.05) is 13.2 Å². The van der Waals surface area contributed by atoms with Crippen LogP contribution in [-0.2, 0) is 10.0 Å². The van der Waals surface area contributed by atoms with Crippen LogP contribution in [0.2, 0.25) is 0 Å². The summed E-state index contributed by atoms with van der Waals surface area (Å²) in [4.78, 5) is 0.257. The van der Waals surface area contributed by atoms with E-state index in [1.54, 1.807) is 30.9 Å². The first-order valence-electron chi connectivity index (χ1n) is 5.82. The Bertz CT molecular complexity index is 535. The van der Waals surface area contributed by atoms with Crippen molar-refractivity contribution in [2.75, 3.05) is 24.8 Å². The molecule has 1 unspecified atom stereocenters. The summed E-state index contributed by atoms with van der Waals surface area (Å²) in [7, 11) is -1.85. The van der Waals surface area contributed by atoms with Crippen molar-refractivity contribution in [2.45, 2.75) is 24.3 Å². The largest absolute Gasteiger partial charge is 0.398 e. The zero-order chi connectivity index (χ0) is 14.6. The molecule has 0 amide bonds. The fourth-order valence-corrected chi connectivity index (χ4v) is 4.07. The summed E-state index contributed by atoms with van der Waals surface area (Å²) in [5.41, 5.74) is 6.20. The molecule has 0 saturated heterocycles. The molecule has 7 heteroatoms. The van der Waals surface area contributed by atoms with Crippen LogP contribution < -0.4 is 5.73 Å². The molecule has 1 atom stereocenters. The van der Waals surface area contributed by atoms with Crippen molar-refractivity contribution in [1.29, 1.82) is 0 Å². The van der Waals surface area contributed by atoms with Crippen LogP contribution in [0.25, 0.3) is 0 Å². The molecule has 0 aliphatic carbocycles. The SMILES string of the molecule is CSCCC(C)N(C)S(=O)(=O)c1ccc(N)c(Br)c1. The standard InChI is InChI=1S/C12H19BrN2O2S2/c1-9(6-7-18-3)15(2)19(16,17)10-4-5-12(14)11(13)8-10/h4-5,8-9H,6-7,14H2,1-3H3. The van der Waals surface area contributed by atoms with E-state index in [2.05, 4.69) is 15.9 Å². The van der Waals surface area contributed by atoms with Crippen molar-refractivity contribution >= 4 is 43.4 Å². The Labute approximate surface area is 127 Å². The fraction of sp³-hybridized carbons (Fsp3) is 0.500. The Morgan fingerprint density at radius 1 is 1.47 bits per heavy atom. The predicted octanol–water partition coefficient (Wildman–Crippen LogP) is 2.79.